The Bertz CT molecular complexity index is 1610. The van der Waals surface area contributed by atoms with E-state index < -0.39 is 5.82 Å². The van der Waals surface area contributed by atoms with Crippen LogP contribution in [0.15, 0.2) is 58.7 Å². The van der Waals surface area contributed by atoms with Crippen molar-refractivity contribution < 1.29 is 13.9 Å². The van der Waals surface area contributed by atoms with E-state index in [0.29, 0.717) is 71.9 Å². The summed E-state index contributed by atoms with van der Waals surface area (Å²) in [5.41, 5.74) is 2.62. The number of nitrogens with one attached hydrogen (secondary N) is 1. The van der Waals surface area contributed by atoms with Crippen LogP contribution in [0.2, 0.25) is 5.02 Å². The maximum Gasteiger partial charge on any atom is 0.265 e. The van der Waals surface area contributed by atoms with Crippen LogP contribution in [0.4, 0.5) is 4.39 Å². The van der Waals surface area contributed by atoms with Crippen LogP contribution in [0, 0.1) is 11.7 Å². The molecule has 2 aromatic heterocycles. The van der Waals surface area contributed by atoms with Crippen molar-refractivity contribution in [1.82, 2.24) is 19.8 Å². The second-order valence-corrected chi connectivity index (χ2v) is 11.6. The van der Waals surface area contributed by atoms with Crippen molar-refractivity contribution in [3.63, 3.8) is 0 Å². The van der Waals surface area contributed by atoms with Gasteiger partial charge in [-0.1, -0.05) is 37.6 Å². The van der Waals surface area contributed by atoms with Gasteiger partial charge in [-0.2, -0.15) is 0 Å². The Kier molecular flexibility index (Phi) is 8.87. The highest BCUT2D eigenvalue weighted by Crippen LogP contribution is 2.32. The molecule has 0 atom stereocenters. The van der Waals surface area contributed by atoms with Crippen LogP contribution < -0.4 is 15.6 Å². The molecule has 1 N–H and O–H groups in total. The van der Waals surface area contributed by atoms with Crippen molar-refractivity contribution in [3.8, 4) is 33.3 Å². The minimum atomic E-state index is -0.509. The highest BCUT2D eigenvalue weighted by molar-refractivity contribution is 7.13. The average Bonchev–Trinajstić information content (AvgIpc) is 3.45. The Morgan fingerprint density at radius 1 is 1.15 bits per heavy atom. The molecule has 5 rings (SSSR count). The van der Waals surface area contributed by atoms with E-state index >= 15 is 0 Å². The van der Waals surface area contributed by atoms with Crippen LogP contribution in [0.5, 0.6) is 5.75 Å². The van der Waals surface area contributed by atoms with E-state index in [9.17, 15) is 14.0 Å². The van der Waals surface area contributed by atoms with E-state index in [-0.39, 0.29) is 28.6 Å². The summed E-state index contributed by atoms with van der Waals surface area (Å²) in [5, 5.41) is 6.23. The van der Waals surface area contributed by atoms with Gasteiger partial charge in [-0.15, -0.1) is 11.3 Å². The fraction of sp³-hybridized carbons (Fsp3) is 0.323. The second kappa shape index (κ2) is 12.5. The van der Waals surface area contributed by atoms with Crippen molar-refractivity contribution in [2.45, 2.75) is 27.2 Å². The van der Waals surface area contributed by atoms with E-state index in [1.165, 1.54) is 34.1 Å². The van der Waals surface area contributed by atoms with Crippen LogP contribution in [0.25, 0.3) is 27.5 Å². The number of hydrogen-bond donors (Lipinski definition) is 1. The summed E-state index contributed by atoms with van der Waals surface area (Å²) in [4.78, 5) is 35.0. The fourth-order valence-electron chi connectivity index (χ4n) is 4.97. The Hall–Kier alpha value is -3.53. The third kappa shape index (κ3) is 6.22. The Balaban J connectivity index is 1.77. The van der Waals surface area contributed by atoms with Gasteiger partial charge in [-0.05, 0) is 49.6 Å². The molecule has 2 aromatic carbocycles. The van der Waals surface area contributed by atoms with Crippen LogP contribution in [0.3, 0.4) is 0 Å². The Morgan fingerprint density at radius 3 is 2.56 bits per heavy atom. The molecule has 10 heteroatoms. The van der Waals surface area contributed by atoms with Gasteiger partial charge in [-0.3, -0.25) is 14.2 Å². The van der Waals surface area contributed by atoms with Crippen molar-refractivity contribution in [3.05, 3.63) is 86.4 Å². The molecule has 0 saturated carbocycles. The first kappa shape index (κ1) is 29.0. The standard InChI is InChI=1S/C31H32ClFN4O3S/c1-4-40-28-10-9-22(33)16-27(28)37-26(15-19(2)3)23(30(38)36-13-11-34-12-14-36)17-24(31(37)39)29-35-25(18-41-29)20-5-7-21(32)8-6-20/h5-10,16-19,34H,4,11-15H2,1-3H3. The number of pyridine rings is 1. The number of rotatable bonds is 8. The minimum absolute atomic E-state index is 0.113. The quantitative estimate of drug-likeness (QED) is 0.268. The molecule has 0 aliphatic carbocycles. The summed E-state index contributed by atoms with van der Waals surface area (Å²) in [5.74, 6) is -0.201. The summed E-state index contributed by atoms with van der Waals surface area (Å²) in [7, 11) is 0. The normalized spacial score (nSPS) is 13.6. The summed E-state index contributed by atoms with van der Waals surface area (Å²) < 4.78 is 22.0. The second-order valence-electron chi connectivity index (χ2n) is 10.3. The van der Waals surface area contributed by atoms with Gasteiger partial charge in [0.25, 0.3) is 11.5 Å². The highest BCUT2D eigenvalue weighted by Gasteiger charge is 2.28. The fourth-order valence-corrected chi connectivity index (χ4v) is 5.93. The van der Waals surface area contributed by atoms with Gasteiger partial charge in [0.15, 0.2) is 0 Å². The molecule has 41 heavy (non-hydrogen) atoms. The third-order valence-electron chi connectivity index (χ3n) is 6.88. The summed E-state index contributed by atoms with van der Waals surface area (Å²) in [6.07, 6.45) is 0.429. The molecule has 1 saturated heterocycles. The minimum Gasteiger partial charge on any atom is -0.492 e. The first-order valence-corrected chi connectivity index (χ1v) is 15.0. The number of halogens is 2. The zero-order valence-corrected chi connectivity index (χ0v) is 24.8. The SMILES string of the molecule is CCOc1ccc(F)cc1-n1c(CC(C)C)c(C(=O)N2CCNCC2)cc(-c2nc(-c3ccc(Cl)cc3)cs2)c1=O. The van der Waals surface area contributed by atoms with Gasteiger partial charge < -0.3 is 15.0 Å². The number of benzene rings is 2. The first-order chi connectivity index (χ1) is 19.8. The van der Waals surface area contributed by atoms with Gasteiger partial charge in [-0.25, -0.2) is 9.37 Å². The van der Waals surface area contributed by atoms with Gasteiger partial charge in [0.05, 0.1) is 29.1 Å². The maximum absolute atomic E-state index is 14.7. The molecular weight excluding hydrogens is 563 g/mol. The number of nitrogens with zero attached hydrogens (tertiary/aromatic N) is 3. The molecule has 3 heterocycles. The third-order valence-corrected chi connectivity index (χ3v) is 8.00. The van der Waals surface area contributed by atoms with Gasteiger partial charge in [0.1, 0.15) is 16.6 Å². The Labute approximate surface area is 247 Å². The molecule has 1 aliphatic rings. The molecule has 1 fully saturated rings. The maximum atomic E-state index is 14.7. The molecular formula is C31H32ClFN4O3S. The van der Waals surface area contributed by atoms with Crippen LogP contribution in [-0.4, -0.2) is 53.1 Å². The zero-order valence-electron chi connectivity index (χ0n) is 23.2. The van der Waals surface area contributed by atoms with Crippen molar-refractivity contribution in [1.29, 1.82) is 0 Å². The van der Waals surface area contributed by atoms with Gasteiger partial charge in [0, 0.05) is 53.9 Å². The Morgan fingerprint density at radius 2 is 1.88 bits per heavy atom. The molecule has 0 spiro atoms. The highest BCUT2D eigenvalue weighted by atomic mass is 35.5. The number of thiazole rings is 1. The molecule has 1 amide bonds. The predicted octanol–water partition coefficient (Wildman–Crippen LogP) is 6.06. The van der Waals surface area contributed by atoms with Crippen LogP contribution in [-0.2, 0) is 6.42 Å². The zero-order chi connectivity index (χ0) is 29.1. The van der Waals surface area contributed by atoms with Crippen molar-refractivity contribution in [2.24, 2.45) is 5.92 Å². The van der Waals surface area contributed by atoms with E-state index in [0.717, 1.165) is 5.56 Å². The molecule has 0 radical (unpaired) electrons. The number of amides is 1. The molecule has 214 valence electrons. The van der Waals surface area contributed by atoms with E-state index in [2.05, 4.69) is 5.32 Å². The first-order valence-electron chi connectivity index (χ1n) is 13.7. The molecule has 0 unspecified atom stereocenters. The molecule has 0 bridgehead atoms. The number of carbonyl (C=O) groups excluding carboxylic acids is 1. The smallest absolute Gasteiger partial charge is 0.265 e. The lowest BCUT2D eigenvalue weighted by Gasteiger charge is -2.29. The predicted molar refractivity (Wildman–Crippen MR) is 162 cm³/mol. The van der Waals surface area contributed by atoms with Gasteiger partial charge >= 0.3 is 0 Å². The average molecular weight is 595 g/mol. The number of hydrogen-bond acceptors (Lipinski definition) is 6. The number of carbonyl (C=O) groups is 1. The molecule has 4 aromatic rings. The molecule has 7 nitrogen and oxygen atoms in total. The van der Waals surface area contributed by atoms with Crippen LogP contribution >= 0.6 is 22.9 Å². The van der Waals surface area contributed by atoms with Crippen molar-refractivity contribution in [2.75, 3.05) is 32.8 Å². The number of piperazine rings is 1. The molecule has 1 aliphatic heterocycles. The van der Waals surface area contributed by atoms with E-state index in [1.807, 2.05) is 38.3 Å². The lowest BCUT2D eigenvalue weighted by atomic mass is 9.99. The van der Waals surface area contributed by atoms with E-state index in [4.69, 9.17) is 21.3 Å². The van der Waals surface area contributed by atoms with Crippen LogP contribution in [0.1, 0.15) is 36.8 Å². The lowest BCUT2D eigenvalue weighted by molar-refractivity contribution is 0.0733. The largest absolute Gasteiger partial charge is 0.492 e. The summed E-state index contributed by atoms with van der Waals surface area (Å²) >= 11 is 7.38. The topological polar surface area (TPSA) is 76.5 Å². The monoisotopic (exact) mass is 594 g/mol. The van der Waals surface area contributed by atoms with Crippen molar-refractivity contribution >= 4 is 28.8 Å². The summed E-state index contributed by atoms with van der Waals surface area (Å²) in [6, 6.07) is 13.1. The lowest BCUT2D eigenvalue weighted by Crippen LogP contribution is -2.47. The number of aromatic nitrogens is 2. The van der Waals surface area contributed by atoms with Gasteiger partial charge in [0.2, 0.25) is 0 Å². The van der Waals surface area contributed by atoms with E-state index in [1.54, 1.807) is 23.1 Å². The number of ether oxygens (including phenoxy) is 1. The summed E-state index contributed by atoms with van der Waals surface area (Å²) in [6.45, 7) is 8.68.